The third-order valence-corrected chi connectivity index (χ3v) is 2.78. The van der Waals surface area contributed by atoms with E-state index in [1.54, 1.807) is 7.05 Å². The summed E-state index contributed by atoms with van der Waals surface area (Å²) in [5, 5.41) is 0. The van der Waals surface area contributed by atoms with Crippen LogP contribution < -0.4 is 0 Å². The summed E-state index contributed by atoms with van der Waals surface area (Å²) >= 11 is 0. The van der Waals surface area contributed by atoms with E-state index >= 15 is 0 Å². The number of carbonyl (C=O) groups excluding carboxylic acids is 1. The molecule has 1 aromatic rings. The van der Waals surface area contributed by atoms with Gasteiger partial charge in [-0.15, -0.1) is 0 Å². The fourth-order valence-corrected chi connectivity index (χ4v) is 1.58. The first-order chi connectivity index (χ1) is 8.58. The van der Waals surface area contributed by atoms with Gasteiger partial charge in [0.15, 0.2) is 0 Å². The van der Waals surface area contributed by atoms with Crippen LogP contribution >= 0.6 is 0 Å². The van der Waals surface area contributed by atoms with Gasteiger partial charge in [0, 0.05) is 12.6 Å². The van der Waals surface area contributed by atoms with E-state index in [1.807, 2.05) is 24.3 Å². The minimum atomic E-state index is 0.335. The summed E-state index contributed by atoms with van der Waals surface area (Å²) in [6.45, 7) is 8.70. The lowest BCUT2D eigenvalue weighted by molar-refractivity contribution is -0.121. The highest BCUT2D eigenvalue weighted by molar-refractivity contribution is 5.97. The number of ether oxygens (including phenoxy) is 1. The van der Waals surface area contributed by atoms with E-state index in [0.29, 0.717) is 18.3 Å². The van der Waals surface area contributed by atoms with E-state index in [0.717, 1.165) is 17.5 Å². The second-order valence-corrected chi connectivity index (χ2v) is 4.43. The van der Waals surface area contributed by atoms with Gasteiger partial charge < -0.3 is 4.74 Å². The van der Waals surface area contributed by atoms with Gasteiger partial charge >= 0.3 is 0 Å². The topological polar surface area (TPSA) is 38.7 Å². The maximum Gasteiger partial charge on any atom is 0.299 e. The number of carbonyl (C=O) groups is 1. The first-order valence-corrected chi connectivity index (χ1v) is 5.92. The van der Waals surface area contributed by atoms with E-state index in [9.17, 15) is 4.79 Å². The number of hydrogen-bond donors (Lipinski definition) is 0. The van der Waals surface area contributed by atoms with E-state index in [-0.39, 0.29) is 0 Å². The molecule has 1 aromatic carbocycles. The molecule has 0 N–H and O–H groups in total. The molecule has 0 radical (unpaired) electrons. The molecule has 0 spiro atoms. The van der Waals surface area contributed by atoms with Crippen molar-refractivity contribution in [3.8, 4) is 0 Å². The van der Waals surface area contributed by atoms with Crippen molar-refractivity contribution < 1.29 is 9.53 Å². The standard InChI is InChI=1S/C15H19NO2/c1-11(2)12(3)8-13-6-5-7-14(9-13)15(16-4)18-10-17/h5-7,9-11H,3,8H2,1-2,4H3. The number of aliphatic imine (C=N–C) groups is 1. The SMILES string of the molecule is C=C(Cc1cccc(C(=NC)OC=O)c1)C(C)C. The molecule has 0 aliphatic carbocycles. The van der Waals surface area contributed by atoms with Crippen molar-refractivity contribution in [2.24, 2.45) is 10.9 Å². The minimum absolute atomic E-state index is 0.335. The molecule has 0 amide bonds. The molecular formula is C15H19NO2. The zero-order valence-corrected chi connectivity index (χ0v) is 11.1. The Labute approximate surface area is 108 Å². The fraction of sp³-hybridized carbons (Fsp3) is 0.333. The maximum atomic E-state index is 10.4. The highest BCUT2D eigenvalue weighted by Gasteiger charge is 2.07. The summed E-state index contributed by atoms with van der Waals surface area (Å²) in [7, 11) is 1.60. The monoisotopic (exact) mass is 245 g/mol. The molecule has 0 aromatic heterocycles. The summed E-state index contributed by atoms with van der Waals surface area (Å²) in [6.07, 6.45) is 0.823. The summed E-state index contributed by atoms with van der Waals surface area (Å²) < 4.78 is 4.83. The normalized spacial score (nSPS) is 11.4. The van der Waals surface area contributed by atoms with Gasteiger partial charge in [0.2, 0.25) is 5.90 Å². The Hall–Kier alpha value is -1.90. The van der Waals surface area contributed by atoms with Crippen LogP contribution in [0, 0.1) is 5.92 Å². The zero-order chi connectivity index (χ0) is 13.5. The van der Waals surface area contributed by atoms with Crippen LogP contribution in [0.3, 0.4) is 0 Å². The van der Waals surface area contributed by atoms with Gasteiger partial charge in [0.25, 0.3) is 6.47 Å². The molecule has 0 fully saturated rings. The molecule has 0 atom stereocenters. The van der Waals surface area contributed by atoms with Crippen LogP contribution in [0.15, 0.2) is 41.4 Å². The Balaban J connectivity index is 2.91. The lowest BCUT2D eigenvalue weighted by atomic mass is 9.96. The van der Waals surface area contributed by atoms with Crippen molar-refractivity contribution in [2.45, 2.75) is 20.3 Å². The third-order valence-electron chi connectivity index (χ3n) is 2.78. The van der Waals surface area contributed by atoms with Crippen molar-refractivity contribution >= 4 is 12.4 Å². The van der Waals surface area contributed by atoms with E-state index in [1.165, 1.54) is 5.57 Å². The second kappa shape index (κ2) is 6.74. The predicted octanol–water partition coefficient (Wildman–Crippen LogP) is 2.99. The number of allylic oxidation sites excluding steroid dienone is 1. The quantitative estimate of drug-likeness (QED) is 0.346. The van der Waals surface area contributed by atoms with Gasteiger partial charge in [0.1, 0.15) is 0 Å². The van der Waals surface area contributed by atoms with Crippen LogP contribution in [0.5, 0.6) is 0 Å². The van der Waals surface area contributed by atoms with Gasteiger partial charge in [0.05, 0.1) is 0 Å². The molecular weight excluding hydrogens is 226 g/mol. The van der Waals surface area contributed by atoms with Crippen molar-refractivity contribution in [1.82, 2.24) is 0 Å². The van der Waals surface area contributed by atoms with Crippen LogP contribution in [0.1, 0.15) is 25.0 Å². The Morgan fingerprint density at radius 1 is 1.50 bits per heavy atom. The van der Waals surface area contributed by atoms with E-state index in [2.05, 4.69) is 25.4 Å². The van der Waals surface area contributed by atoms with Crippen molar-refractivity contribution in [2.75, 3.05) is 7.05 Å². The number of benzene rings is 1. The van der Waals surface area contributed by atoms with Crippen LogP contribution in [-0.2, 0) is 16.0 Å². The molecule has 96 valence electrons. The Morgan fingerprint density at radius 2 is 2.22 bits per heavy atom. The highest BCUT2D eigenvalue weighted by Crippen LogP contribution is 2.16. The summed E-state index contributed by atoms with van der Waals surface area (Å²) in [6, 6.07) is 7.80. The molecule has 0 aliphatic heterocycles. The Kier molecular flexibility index (Phi) is 5.31. The largest absolute Gasteiger partial charge is 0.409 e. The van der Waals surface area contributed by atoms with E-state index < -0.39 is 0 Å². The van der Waals surface area contributed by atoms with Crippen LogP contribution in [0.4, 0.5) is 0 Å². The number of nitrogens with zero attached hydrogens (tertiary/aromatic N) is 1. The lowest BCUT2D eigenvalue weighted by Gasteiger charge is -2.10. The predicted molar refractivity (Wildman–Crippen MR) is 73.7 cm³/mol. The molecule has 0 aliphatic rings. The first kappa shape index (κ1) is 14.2. The minimum Gasteiger partial charge on any atom is -0.409 e. The smallest absolute Gasteiger partial charge is 0.299 e. The van der Waals surface area contributed by atoms with Crippen LogP contribution in [0.25, 0.3) is 0 Å². The molecule has 3 heteroatoms. The van der Waals surface area contributed by atoms with Crippen molar-refractivity contribution in [3.63, 3.8) is 0 Å². The summed E-state index contributed by atoms with van der Waals surface area (Å²) in [5.41, 5.74) is 3.12. The van der Waals surface area contributed by atoms with E-state index in [4.69, 9.17) is 4.74 Å². The Morgan fingerprint density at radius 3 is 2.78 bits per heavy atom. The molecule has 1 rings (SSSR count). The fourth-order valence-electron chi connectivity index (χ4n) is 1.58. The molecule has 0 unspecified atom stereocenters. The van der Waals surface area contributed by atoms with Gasteiger partial charge in [-0.3, -0.25) is 9.79 Å². The number of rotatable bonds is 5. The number of hydrogen-bond acceptors (Lipinski definition) is 3. The van der Waals surface area contributed by atoms with Gasteiger partial charge in [-0.05, 0) is 30.0 Å². The molecule has 0 heterocycles. The summed E-state index contributed by atoms with van der Waals surface area (Å²) in [4.78, 5) is 14.3. The molecule has 18 heavy (non-hydrogen) atoms. The average Bonchev–Trinajstić information content (AvgIpc) is 2.36. The van der Waals surface area contributed by atoms with Crippen LogP contribution in [-0.4, -0.2) is 19.4 Å². The van der Waals surface area contributed by atoms with Gasteiger partial charge in [-0.1, -0.05) is 38.1 Å². The molecule has 0 saturated carbocycles. The van der Waals surface area contributed by atoms with Crippen molar-refractivity contribution in [1.29, 1.82) is 0 Å². The van der Waals surface area contributed by atoms with Crippen LogP contribution in [0.2, 0.25) is 0 Å². The van der Waals surface area contributed by atoms with Crippen molar-refractivity contribution in [3.05, 3.63) is 47.5 Å². The Bertz CT molecular complexity index is 461. The third kappa shape index (κ3) is 3.84. The first-order valence-electron chi connectivity index (χ1n) is 5.92. The van der Waals surface area contributed by atoms with Gasteiger partial charge in [-0.2, -0.15) is 0 Å². The molecule has 0 bridgehead atoms. The lowest BCUT2D eigenvalue weighted by Crippen LogP contribution is -2.06. The average molecular weight is 245 g/mol. The zero-order valence-electron chi connectivity index (χ0n) is 11.1. The molecule has 3 nitrogen and oxygen atoms in total. The molecule has 0 saturated heterocycles. The highest BCUT2D eigenvalue weighted by atomic mass is 16.5. The van der Waals surface area contributed by atoms with Gasteiger partial charge in [-0.25, -0.2) is 0 Å². The maximum absolute atomic E-state index is 10.4. The second-order valence-electron chi connectivity index (χ2n) is 4.43. The summed E-state index contributed by atoms with van der Waals surface area (Å²) in [5.74, 6) is 0.793.